The molecular weight excluding hydrogens is 105 g/mol. The van der Waals surface area contributed by atoms with Crippen LogP contribution in [0.1, 0.15) is 1.43 Å². The number of halogens is 1. The first kappa shape index (κ1) is 18.5. The van der Waals surface area contributed by atoms with Gasteiger partial charge in [0.2, 0.25) is 0 Å². The first-order valence-corrected chi connectivity index (χ1v) is 0.612. The SMILES string of the molecule is Cl.N=S.[H-].[Na+]. The van der Waals surface area contributed by atoms with Gasteiger partial charge in [0, 0.05) is 12.4 Å². The summed E-state index contributed by atoms with van der Waals surface area (Å²) in [6.07, 6.45) is 0. The molecule has 0 radical (unpaired) electrons. The van der Waals surface area contributed by atoms with Crippen LogP contribution in [0, 0.1) is 4.78 Å². The van der Waals surface area contributed by atoms with E-state index < -0.39 is 0 Å². The van der Waals surface area contributed by atoms with E-state index in [1.165, 1.54) is 0 Å². The maximum atomic E-state index is 5.33. The van der Waals surface area contributed by atoms with Crippen molar-refractivity contribution in [2.75, 3.05) is 0 Å². The minimum absolute atomic E-state index is 0. The molecule has 0 amide bonds. The molecule has 1 N–H and O–H groups in total. The maximum absolute atomic E-state index is 5.33. The molecule has 22 valence electrons. The Kier molecular flexibility index (Phi) is 127. The van der Waals surface area contributed by atoms with E-state index in [-0.39, 0.29) is 43.4 Å². The standard InChI is InChI=1S/ClH.HNS.Na.H/c;1-2;;/h1H;1H;;/q;;+1;-1. The van der Waals surface area contributed by atoms with Crippen LogP contribution in [0.25, 0.3) is 0 Å². The molecule has 1 nitrogen and oxygen atoms in total. The molecule has 0 heterocycles. The second-order valence-corrected chi connectivity index (χ2v) is 0. The summed E-state index contributed by atoms with van der Waals surface area (Å²) in [7, 11) is 0. The largest absolute Gasteiger partial charge is 1.00 e. The maximum Gasteiger partial charge on any atom is 1.00 e. The van der Waals surface area contributed by atoms with Crippen molar-refractivity contribution in [3.63, 3.8) is 0 Å². The third-order valence-electron chi connectivity index (χ3n) is 0. The molecule has 0 saturated carbocycles. The molecule has 0 spiro atoms. The molecule has 0 rings (SSSR count). The van der Waals surface area contributed by atoms with E-state index in [9.17, 15) is 0 Å². The monoisotopic (exact) mass is 107 g/mol. The van der Waals surface area contributed by atoms with Gasteiger partial charge in [-0.05, 0) is 0 Å². The molecule has 0 unspecified atom stereocenters. The summed E-state index contributed by atoms with van der Waals surface area (Å²) in [6.45, 7) is 0. The van der Waals surface area contributed by atoms with Crippen molar-refractivity contribution < 1.29 is 31.0 Å². The summed E-state index contributed by atoms with van der Waals surface area (Å²) in [4.78, 5) is 0. The normalized spacial score (nSPS) is 1.00. The third kappa shape index (κ3) is 10.3. The number of hydrogen-bond acceptors (Lipinski definition) is 2. The van der Waals surface area contributed by atoms with Crippen LogP contribution in [0.5, 0.6) is 0 Å². The molecule has 0 saturated heterocycles. The van der Waals surface area contributed by atoms with E-state index in [1.807, 2.05) is 0 Å². The van der Waals surface area contributed by atoms with Gasteiger partial charge in [0.25, 0.3) is 0 Å². The Labute approximate surface area is 60.3 Å². The molecule has 0 aliphatic heterocycles. The Balaban J connectivity index is -0.00000000167. The second kappa shape index (κ2) is 27.5. The first-order valence-electron chi connectivity index (χ1n) is 0.204. The van der Waals surface area contributed by atoms with Crippen molar-refractivity contribution in [1.82, 2.24) is 0 Å². The number of hydrogen-bond donors (Lipinski definition) is 1. The summed E-state index contributed by atoms with van der Waals surface area (Å²) >= 11 is 3.33. The fraction of sp³-hybridized carbons (Fsp3) is 0. The zero-order chi connectivity index (χ0) is 2.00. The summed E-state index contributed by atoms with van der Waals surface area (Å²) in [5.41, 5.74) is 0. The Morgan fingerprint density at radius 2 is 1.50 bits per heavy atom. The van der Waals surface area contributed by atoms with Crippen molar-refractivity contribution in [3.8, 4) is 0 Å². The van der Waals surface area contributed by atoms with Crippen LogP contribution >= 0.6 is 12.4 Å². The minimum Gasteiger partial charge on any atom is -1.00 e. The molecule has 0 aliphatic rings. The van der Waals surface area contributed by atoms with Gasteiger partial charge >= 0.3 is 29.6 Å². The fourth-order valence-electron chi connectivity index (χ4n) is 0. The third-order valence-corrected chi connectivity index (χ3v) is 0. The van der Waals surface area contributed by atoms with Gasteiger partial charge in [-0.15, -0.1) is 12.4 Å². The topological polar surface area (TPSA) is 23.9 Å². The molecule has 0 bridgehead atoms. The number of nitrogens with one attached hydrogen (secondary N) is 1. The van der Waals surface area contributed by atoms with E-state index >= 15 is 0 Å². The van der Waals surface area contributed by atoms with Gasteiger partial charge in [-0.3, -0.25) is 0 Å². The molecule has 0 aromatic carbocycles. The molecule has 0 aromatic rings. The van der Waals surface area contributed by atoms with Crippen LogP contribution in [0.2, 0.25) is 0 Å². The zero-order valence-electron chi connectivity index (χ0n) is 3.32. The number of rotatable bonds is 0. The van der Waals surface area contributed by atoms with Crippen LogP contribution in [0.3, 0.4) is 0 Å². The summed E-state index contributed by atoms with van der Waals surface area (Å²) in [5.74, 6) is 0. The quantitative estimate of drug-likeness (QED) is 0.350. The van der Waals surface area contributed by atoms with Gasteiger partial charge in [0.05, 0.1) is 0 Å². The molecule has 0 atom stereocenters. The molecular formula is H3ClNNaS. The van der Waals surface area contributed by atoms with Crippen LogP contribution in [0.15, 0.2) is 0 Å². The molecule has 4 heteroatoms. The predicted octanol–water partition coefficient (Wildman–Crippen LogP) is -2.17. The molecule has 0 fully saturated rings. The van der Waals surface area contributed by atoms with Crippen molar-refractivity contribution in [3.05, 3.63) is 0 Å². The Morgan fingerprint density at radius 3 is 1.50 bits per heavy atom. The van der Waals surface area contributed by atoms with Gasteiger partial charge in [0.1, 0.15) is 0 Å². The smallest absolute Gasteiger partial charge is 1.00 e. The predicted molar refractivity (Wildman–Crippen MR) is 18.4 cm³/mol. The Morgan fingerprint density at radius 1 is 1.50 bits per heavy atom. The van der Waals surface area contributed by atoms with E-state index in [1.54, 1.807) is 0 Å². The van der Waals surface area contributed by atoms with E-state index in [0.29, 0.717) is 0 Å². The Hall–Kier alpha value is 1.31. The van der Waals surface area contributed by atoms with Crippen LogP contribution < -0.4 is 29.6 Å². The van der Waals surface area contributed by atoms with Crippen LogP contribution in [-0.4, -0.2) is 0 Å². The Bertz CT molecular complexity index is 11.6. The molecule has 0 aromatic heterocycles. The van der Waals surface area contributed by atoms with Gasteiger partial charge in [-0.1, -0.05) is 0 Å². The summed E-state index contributed by atoms with van der Waals surface area (Å²) in [5, 5.41) is 0. The van der Waals surface area contributed by atoms with Crippen LogP contribution in [0.4, 0.5) is 0 Å². The molecule has 4 heavy (non-hydrogen) atoms. The first-order chi connectivity index (χ1) is 1.00. The van der Waals surface area contributed by atoms with Gasteiger partial charge < -0.3 is 1.43 Å². The van der Waals surface area contributed by atoms with E-state index in [2.05, 4.69) is 12.4 Å². The average molecular weight is 108 g/mol. The minimum atomic E-state index is 0. The van der Waals surface area contributed by atoms with Gasteiger partial charge in [0.15, 0.2) is 0 Å². The fourth-order valence-corrected chi connectivity index (χ4v) is 0. The zero-order valence-corrected chi connectivity index (χ0v) is 5.95. The van der Waals surface area contributed by atoms with E-state index in [0.717, 1.165) is 0 Å². The summed E-state index contributed by atoms with van der Waals surface area (Å²) in [6, 6.07) is 0. The summed E-state index contributed by atoms with van der Waals surface area (Å²) < 4.78 is 5.33. The van der Waals surface area contributed by atoms with Crippen molar-refractivity contribution in [1.29, 1.82) is 4.78 Å². The second-order valence-electron chi connectivity index (χ2n) is 0. The van der Waals surface area contributed by atoms with Gasteiger partial charge in [-0.2, -0.15) is 0 Å². The molecule has 0 aliphatic carbocycles. The van der Waals surface area contributed by atoms with Gasteiger partial charge in [-0.25, -0.2) is 4.78 Å². The van der Waals surface area contributed by atoms with Crippen LogP contribution in [-0.2, 0) is 12.4 Å². The van der Waals surface area contributed by atoms with Crippen molar-refractivity contribution in [2.45, 2.75) is 0 Å². The van der Waals surface area contributed by atoms with E-state index in [4.69, 9.17) is 4.78 Å². The van der Waals surface area contributed by atoms with Crippen molar-refractivity contribution >= 4 is 24.8 Å². The average Bonchev–Trinajstić information content (AvgIpc) is 1.00. The van der Waals surface area contributed by atoms with Crippen molar-refractivity contribution in [2.24, 2.45) is 0 Å².